The summed E-state index contributed by atoms with van der Waals surface area (Å²) in [4.78, 5) is 12.7. The normalized spacial score (nSPS) is 10.6. The number of para-hydroxylation sites is 1. The Labute approximate surface area is 212 Å². The molecule has 4 rings (SSSR count). The van der Waals surface area contributed by atoms with Gasteiger partial charge in [-0.2, -0.15) is 0 Å². The molecule has 0 bridgehead atoms. The molecule has 1 N–H and O–H groups in total. The molecular weight excluding hydrogens is 488 g/mol. The molecule has 0 aliphatic heterocycles. The molecule has 0 fully saturated rings. The van der Waals surface area contributed by atoms with Crippen LogP contribution in [-0.4, -0.2) is 40.6 Å². The van der Waals surface area contributed by atoms with Crippen molar-refractivity contribution < 1.29 is 19.0 Å². The van der Waals surface area contributed by atoms with Gasteiger partial charge < -0.3 is 19.5 Å². The van der Waals surface area contributed by atoms with Crippen LogP contribution in [0.2, 0.25) is 5.02 Å². The highest BCUT2D eigenvalue weighted by Gasteiger charge is 2.17. The van der Waals surface area contributed by atoms with E-state index < -0.39 is 0 Å². The summed E-state index contributed by atoms with van der Waals surface area (Å²) >= 11 is 7.34. The zero-order valence-corrected chi connectivity index (χ0v) is 20.7. The topological polar surface area (TPSA) is 87.5 Å². The monoisotopic (exact) mass is 510 g/mol. The van der Waals surface area contributed by atoms with Gasteiger partial charge in [0.2, 0.25) is 5.91 Å². The lowest BCUT2D eigenvalue weighted by atomic mass is 10.2. The summed E-state index contributed by atoms with van der Waals surface area (Å²) in [5, 5.41) is 12.6. The lowest BCUT2D eigenvalue weighted by molar-refractivity contribution is -0.113. The van der Waals surface area contributed by atoms with E-state index in [9.17, 15) is 4.79 Å². The number of nitrogens with zero attached hydrogens (tertiary/aromatic N) is 3. The van der Waals surface area contributed by atoms with Crippen LogP contribution in [0.25, 0.3) is 5.69 Å². The van der Waals surface area contributed by atoms with Gasteiger partial charge in [-0.25, -0.2) is 0 Å². The van der Waals surface area contributed by atoms with Crippen molar-refractivity contribution in [3.8, 4) is 22.9 Å². The van der Waals surface area contributed by atoms with Gasteiger partial charge in [-0.05, 0) is 48.5 Å². The molecule has 1 aromatic heterocycles. The van der Waals surface area contributed by atoms with E-state index in [1.807, 2.05) is 47.0 Å². The molecule has 0 atom stereocenters. The number of carbonyl (C=O) groups is 1. The third-order valence-corrected chi connectivity index (χ3v) is 6.09. The number of thioether (sulfide) groups is 1. The Balaban J connectivity index is 1.50. The molecule has 0 radical (unpaired) electrons. The van der Waals surface area contributed by atoms with Gasteiger partial charge in [-0.1, -0.05) is 41.6 Å². The number of nitrogens with one attached hydrogen (secondary N) is 1. The Hall–Kier alpha value is -3.69. The van der Waals surface area contributed by atoms with Gasteiger partial charge >= 0.3 is 0 Å². The second-order valence-corrected chi connectivity index (χ2v) is 8.59. The minimum atomic E-state index is -0.216. The molecule has 8 nitrogen and oxygen atoms in total. The minimum Gasteiger partial charge on any atom is -0.497 e. The summed E-state index contributed by atoms with van der Waals surface area (Å²) in [6, 6.07) is 22.0. The lowest BCUT2D eigenvalue weighted by Crippen LogP contribution is -2.15. The van der Waals surface area contributed by atoms with Crippen LogP contribution < -0.4 is 19.5 Å². The second kappa shape index (κ2) is 11.6. The third kappa shape index (κ3) is 6.26. The maximum Gasteiger partial charge on any atom is 0.234 e. The molecule has 0 saturated carbocycles. The van der Waals surface area contributed by atoms with Crippen molar-refractivity contribution in [1.29, 1.82) is 0 Å². The van der Waals surface area contributed by atoms with E-state index in [0.29, 0.717) is 33.2 Å². The van der Waals surface area contributed by atoms with Gasteiger partial charge in [-0.3, -0.25) is 9.36 Å². The number of rotatable bonds is 10. The highest BCUT2D eigenvalue weighted by Crippen LogP contribution is 2.30. The van der Waals surface area contributed by atoms with Crippen molar-refractivity contribution in [2.75, 3.05) is 25.3 Å². The van der Waals surface area contributed by atoms with Gasteiger partial charge in [0.15, 0.2) is 11.0 Å². The first kappa shape index (κ1) is 24.4. The fraction of sp³-hybridized carbons (Fsp3) is 0.160. The molecule has 3 aromatic carbocycles. The van der Waals surface area contributed by atoms with Crippen LogP contribution in [0.15, 0.2) is 78.0 Å². The van der Waals surface area contributed by atoms with E-state index in [0.717, 1.165) is 11.4 Å². The van der Waals surface area contributed by atoms with Crippen molar-refractivity contribution in [3.63, 3.8) is 0 Å². The van der Waals surface area contributed by atoms with Gasteiger partial charge in [0.1, 0.15) is 23.9 Å². The van der Waals surface area contributed by atoms with Gasteiger partial charge in [0.25, 0.3) is 0 Å². The Bertz CT molecular complexity index is 1280. The van der Waals surface area contributed by atoms with Gasteiger partial charge in [-0.15, -0.1) is 10.2 Å². The summed E-state index contributed by atoms with van der Waals surface area (Å²) in [7, 11) is 3.10. The Morgan fingerprint density at radius 2 is 1.74 bits per heavy atom. The molecule has 0 saturated heterocycles. The number of hydrogen-bond donors (Lipinski definition) is 1. The van der Waals surface area contributed by atoms with Crippen LogP contribution in [-0.2, 0) is 11.4 Å². The summed E-state index contributed by atoms with van der Waals surface area (Å²) in [5.41, 5.74) is 1.36. The average Bonchev–Trinajstić information content (AvgIpc) is 3.30. The molecule has 10 heteroatoms. The fourth-order valence-electron chi connectivity index (χ4n) is 3.22. The fourth-order valence-corrected chi connectivity index (χ4v) is 4.12. The zero-order chi connectivity index (χ0) is 24.6. The van der Waals surface area contributed by atoms with Crippen molar-refractivity contribution in [3.05, 3.63) is 83.6 Å². The smallest absolute Gasteiger partial charge is 0.234 e. The number of hydrogen-bond acceptors (Lipinski definition) is 7. The number of amides is 1. The molecule has 0 aliphatic rings. The number of aromatic nitrogens is 3. The summed E-state index contributed by atoms with van der Waals surface area (Å²) < 4.78 is 18.3. The predicted molar refractivity (Wildman–Crippen MR) is 136 cm³/mol. The van der Waals surface area contributed by atoms with E-state index in [1.54, 1.807) is 37.4 Å². The standard InChI is InChI=1S/C25H23ClN4O4S/c1-32-20-12-13-21(22(14-20)33-2)27-24(31)16-35-25-29-28-23(15-34-19-6-4-3-5-7-19)30(25)18-10-8-17(26)9-11-18/h3-14H,15-16H2,1-2H3,(H,27,31). The molecule has 0 unspecified atom stereocenters. The quantitative estimate of drug-likeness (QED) is 0.291. The highest BCUT2D eigenvalue weighted by atomic mass is 35.5. The Morgan fingerprint density at radius 1 is 0.971 bits per heavy atom. The van der Waals surface area contributed by atoms with Gasteiger partial charge in [0.05, 0.1) is 25.7 Å². The summed E-state index contributed by atoms with van der Waals surface area (Å²) in [5.74, 6) is 2.35. The van der Waals surface area contributed by atoms with Crippen molar-refractivity contribution in [1.82, 2.24) is 14.8 Å². The van der Waals surface area contributed by atoms with Crippen LogP contribution in [0.1, 0.15) is 5.82 Å². The van der Waals surface area contributed by atoms with Gasteiger partial charge in [0, 0.05) is 16.8 Å². The van der Waals surface area contributed by atoms with E-state index in [2.05, 4.69) is 15.5 Å². The third-order valence-electron chi connectivity index (χ3n) is 4.91. The summed E-state index contributed by atoms with van der Waals surface area (Å²) in [6.07, 6.45) is 0. The average molecular weight is 511 g/mol. The molecule has 4 aromatic rings. The van der Waals surface area contributed by atoms with Crippen LogP contribution in [0, 0.1) is 0 Å². The number of benzene rings is 3. The maximum absolute atomic E-state index is 12.7. The predicted octanol–water partition coefficient (Wildman–Crippen LogP) is 5.25. The first-order chi connectivity index (χ1) is 17.1. The number of halogens is 1. The molecule has 0 spiro atoms. The van der Waals surface area contributed by atoms with Crippen molar-refractivity contribution >= 4 is 35.0 Å². The number of methoxy groups -OCH3 is 2. The van der Waals surface area contributed by atoms with Crippen LogP contribution >= 0.6 is 23.4 Å². The largest absolute Gasteiger partial charge is 0.497 e. The minimum absolute atomic E-state index is 0.112. The van der Waals surface area contributed by atoms with Crippen molar-refractivity contribution in [2.45, 2.75) is 11.8 Å². The van der Waals surface area contributed by atoms with E-state index in [-0.39, 0.29) is 18.3 Å². The summed E-state index contributed by atoms with van der Waals surface area (Å²) in [6.45, 7) is 0.204. The van der Waals surface area contributed by atoms with E-state index in [4.69, 9.17) is 25.8 Å². The lowest BCUT2D eigenvalue weighted by Gasteiger charge is -2.12. The van der Waals surface area contributed by atoms with E-state index in [1.165, 1.54) is 18.9 Å². The highest BCUT2D eigenvalue weighted by molar-refractivity contribution is 7.99. The molecule has 35 heavy (non-hydrogen) atoms. The van der Waals surface area contributed by atoms with E-state index >= 15 is 0 Å². The molecule has 180 valence electrons. The molecule has 0 aliphatic carbocycles. The maximum atomic E-state index is 12.7. The SMILES string of the molecule is COc1ccc(NC(=O)CSc2nnc(COc3ccccc3)n2-c2ccc(Cl)cc2)c(OC)c1. The van der Waals surface area contributed by atoms with Crippen LogP contribution in [0.4, 0.5) is 5.69 Å². The number of ether oxygens (including phenoxy) is 3. The second-order valence-electron chi connectivity index (χ2n) is 7.22. The number of anilines is 1. The van der Waals surface area contributed by atoms with Crippen LogP contribution in [0.5, 0.6) is 17.2 Å². The number of carbonyl (C=O) groups excluding carboxylic acids is 1. The molecular formula is C25H23ClN4O4S. The molecule has 1 heterocycles. The van der Waals surface area contributed by atoms with Crippen molar-refractivity contribution in [2.24, 2.45) is 0 Å². The van der Waals surface area contributed by atoms with Crippen LogP contribution in [0.3, 0.4) is 0 Å². The zero-order valence-electron chi connectivity index (χ0n) is 19.1. The first-order valence-electron chi connectivity index (χ1n) is 10.6. The Kier molecular flexibility index (Phi) is 8.12. The Morgan fingerprint density at radius 3 is 2.46 bits per heavy atom. The molecule has 1 amide bonds. The first-order valence-corrected chi connectivity index (χ1v) is 12.0.